The molecule has 0 bridgehead atoms. The van der Waals surface area contributed by atoms with Gasteiger partial charge in [-0.05, 0) is 42.1 Å². The SMILES string of the molecule is CC(=O)c1ccc(N2CCN(CC(=O)N[C@H](c3ccccc3)c3cccs3)CC2)c(F)c1. The monoisotopic (exact) mass is 451 g/mol. The quantitative estimate of drug-likeness (QED) is 0.549. The number of carbonyl (C=O) groups excluding carboxylic acids is 2. The van der Waals surface area contributed by atoms with Gasteiger partial charge in [0, 0.05) is 36.6 Å². The molecule has 1 aliphatic rings. The molecule has 0 saturated carbocycles. The number of anilines is 1. The summed E-state index contributed by atoms with van der Waals surface area (Å²) in [6.45, 7) is 4.30. The number of Topliss-reactive ketones (excluding diaryl/α,β-unsaturated/α-hetero) is 1. The number of piperazine rings is 1. The van der Waals surface area contributed by atoms with E-state index in [1.165, 1.54) is 13.0 Å². The Kier molecular flexibility index (Phi) is 6.97. The summed E-state index contributed by atoms with van der Waals surface area (Å²) in [7, 11) is 0. The largest absolute Gasteiger partial charge is 0.367 e. The molecule has 5 nitrogen and oxygen atoms in total. The highest BCUT2D eigenvalue weighted by Crippen LogP contribution is 2.26. The summed E-state index contributed by atoms with van der Waals surface area (Å²) in [4.78, 5) is 29.4. The van der Waals surface area contributed by atoms with Crippen LogP contribution in [0.2, 0.25) is 0 Å². The highest BCUT2D eigenvalue weighted by atomic mass is 32.1. The van der Waals surface area contributed by atoms with Crippen molar-refractivity contribution in [2.75, 3.05) is 37.6 Å². The summed E-state index contributed by atoms with van der Waals surface area (Å²) < 4.78 is 14.5. The highest BCUT2D eigenvalue weighted by Gasteiger charge is 2.23. The normalized spacial score (nSPS) is 15.4. The van der Waals surface area contributed by atoms with Gasteiger partial charge in [0.1, 0.15) is 5.82 Å². The van der Waals surface area contributed by atoms with Crippen LogP contribution in [-0.4, -0.2) is 49.3 Å². The summed E-state index contributed by atoms with van der Waals surface area (Å²) in [5, 5.41) is 5.19. The standard InChI is InChI=1S/C25H26FN3O2S/c1-18(30)20-9-10-22(21(26)16-20)29-13-11-28(12-14-29)17-24(31)27-25(23-8-5-15-32-23)19-6-3-2-4-7-19/h2-10,15-16,25H,11-14,17H2,1H3,(H,27,31)/t25-/m1/s1. The molecule has 0 unspecified atom stereocenters. The summed E-state index contributed by atoms with van der Waals surface area (Å²) in [5.74, 6) is -0.564. The fourth-order valence-electron chi connectivity index (χ4n) is 3.96. The van der Waals surface area contributed by atoms with Crippen molar-refractivity contribution in [3.63, 3.8) is 0 Å². The lowest BCUT2D eigenvalue weighted by Crippen LogP contribution is -2.50. The van der Waals surface area contributed by atoms with Crippen molar-refractivity contribution < 1.29 is 14.0 Å². The van der Waals surface area contributed by atoms with Crippen LogP contribution in [0.1, 0.15) is 33.8 Å². The van der Waals surface area contributed by atoms with Crippen molar-refractivity contribution in [1.82, 2.24) is 10.2 Å². The van der Waals surface area contributed by atoms with E-state index >= 15 is 0 Å². The van der Waals surface area contributed by atoms with Gasteiger partial charge in [0.15, 0.2) is 5.78 Å². The molecule has 1 N–H and O–H groups in total. The Bertz CT molecular complexity index is 1060. The van der Waals surface area contributed by atoms with E-state index in [1.54, 1.807) is 23.5 Å². The van der Waals surface area contributed by atoms with Gasteiger partial charge in [-0.2, -0.15) is 0 Å². The second-order valence-electron chi connectivity index (χ2n) is 7.91. The van der Waals surface area contributed by atoms with E-state index in [0.29, 0.717) is 44.0 Å². The summed E-state index contributed by atoms with van der Waals surface area (Å²) in [6, 6.07) is 18.4. The lowest BCUT2D eigenvalue weighted by molar-refractivity contribution is -0.122. The molecule has 3 aromatic rings. The van der Waals surface area contributed by atoms with Crippen molar-refractivity contribution >= 4 is 28.7 Å². The Hall–Kier alpha value is -3.03. The molecule has 0 spiro atoms. The molecule has 2 aromatic carbocycles. The topological polar surface area (TPSA) is 52.7 Å². The third-order valence-corrected chi connectivity index (χ3v) is 6.64. The van der Waals surface area contributed by atoms with Gasteiger partial charge < -0.3 is 10.2 Å². The Morgan fingerprint density at radius 2 is 1.78 bits per heavy atom. The molecule has 0 aliphatic carbocycles. The minimum atomic E-state index is -0.384. The molecule has 2 heterocycles. The van der Waals surface area contributed by atoms with Crippen LogP contribution in [0, 0.1) is 5.82 Å². The smallest absolute Gasteiger partial charge is 0.234 e. The Labute approximate surface area is 191 Å². The maximum absolute atomic E-state index is 14.5. The minimum absolute atomic E-state index is 0.0299. The number of amides is 1. The molecule has 32 heavy (non-hydrogen) atoms. The number of ketones is 1. The molecule has 166 valence electrons. The first-order valence-corrected chi connectivity index (χ1v) is 11.5. The number of nitrogens with zero attached hydrogens (tertiary/aromatic N) is 2. The van der Waals surface area contributed by atoms with Crippen molar-refractivity contribution in [2.45, 2.75) is 13.0 Å². The van der Waals surface area contributed by atoms with E-state index in [2.05, 4.69) is 10.2 Å². The average Bonchev–Trinajstić information content (AvgIpc) is 3.33. The fraction of sp³-hybridized carbons (Fsp3) is 0.280. The van der Waals surface area contributed by atoms with Crippen molar-refractivity contribution in [2.24, 2.45) is 0 Å². The van der Waals surface area contributed by atoms with Crippen molar-refractivity contribution in [1.29, 1.82) is 0 Å². The molecular weight excluding hydrogens is 425 g/mol. The van der Waals surface area contributed by atoms with Crippen LogP contribution in [0.15, 0.2) is 66.0 Å². The number of carbonyl (C=O) groups is 2. The molecule has 1 saturated heterocycles. The van der Waals surface area contributed by atoms with Gasteiger partial charge in [0.25, 0.3) is 0 Å². The first-order chi connectivity index (χ1) is 15.5. The fourth-order valence-corrected chi connectivity index (χ4v) is 4.76. The van der Waals surface area contributed by atoms with Gasteiger partial charge in [-0.15, -0.1) is 11.3 Å². The number of nitrogens with one attached hydrogen (secondary N) is 1. The second-order valence-corrected chi connectivity index (χ2v) is 8.89. The van der Waals surface area contributed by atoms with Crippen LogP contribution in [0.5, 0.6) is 0 Å². The molecule has 1 fully saturated rings. The maximum Gasteiger partial charge on any atom is 0.234 e. The van der Waals surface area contributed by atoms with Crippen LogP contribution in [0.25, 0.3) is 0 Å². The lowest BCUT2D eigenvalue weighted by atomic mass is 10.1. The van der Waals surface area contributed by atoms with E-state index in [9.17, 15) is 14.0 Å². The first kappa shape index (κ1) is 22.2. The van der Waals surface area contributed by atoms with Gasteiger partial charge >= 0.3 is 0 Å². The van der Waals surface area contributed by atoms with Crippen LogP contribution in [0.4, 0.5) is 10.1 Å². The van der Waals surface area contributed by atoms with Gasteiger partial charge in [-0.25, -0.2) is 4.39 Å². The third-order valence-electron chi connectivity index (χ3n) is 5.70. The zero-order valence-electron chi connectivity index (χ0n) is 18.0. The summed E-state index contributed by atoms with van der Waals surface area (Å²) in [5.41, 5.74) is 1.93. The van der Waals surface area contributed by atoms with Crippen molar-refractivity contribution in [3.05, 3.63) is 87.9 Å². The summed E-state index contributed by atoms with van der Waals surface area (Å²) in [6.07, 6.45) is 0. The van der Waals surface area contributed by atoms with Gasteiger partial charge in [0.2, 0.25) is 5.91 Å². The molecule has 1 amide bonds. The lowest BCUT2D eigenvalue weighted by Gasteiger charge is -2.36. The zero-order chi connectivity index (χ0) is 22.5. The van der Waals surface area contributed by atoms with E-state index < -0.39 is 0 Å². The van der Waals surface area contributed by atoms with Crippen LogP contribution in [0.3, 0.4) is 0 Å². The Morgan fingerprint density at radius 1 is 1.03 bits per heavy atom. The Balaban J connectivity index is 1.35. The number of hydrogen-bond acceptors (Lipinski definition) is 5. The predicted octanol–water partition coefficient (Wildman–Crippen LogP) is 4.12. The van der Waals surface area contributed by atoms with Crippen LogP contribution < -0.4 is 10.2 Å². The molecule has 0 radical (unpaired) electrons. The molecular formula is C25H26FN3O2S. The highest BCUT2D eigenvalue weighted by molar-refractivity contribution is 7.10. The van der Waals surface area contributed by atoms with E-state index in [4.69, 9.17) is 0 Å². The zero-order valence-corrected chi connectivity index (χ0v) is 18.8. The first-order valence-electron chi connectivity index (χ1n) is 10.7. The molecule has 7 heteroatoms. The average molecular weight is 452 g/mol. The van der Waals surface area contributed by atoms with Crippen molar-refractivity contribution in [3.8, 4) is 0 Å². The number of benzene rings is 2. The van der Waals surface area contributed by atoms with Gasteiger partial charge in [-0.1, -0.05) is 36.4 Å². The Morgan fingerprint density at radius 3 is 2.41 bits per heavy atom. The van der Waals surface area contributed by atoms with Crippen LogP contribution >= 0.6 is 11.3 Å². The van der Waals surface area contributed by atoms with E-state index in [0.717, 1.165) is 10.4 Å². The molecule has 1 atom stereocenters. The molecule has 4 rings (SSSR count). The predicted molar refractivity (Wildman–Crippen MR) is 126 cm³/mol. The summed E-state index contributed by atoms with van der Waals surface area (Å²) >= 11 is 1.62. The maximum atomic E-state index is 14.5. The third kappa shape index (κ3) is 5.23. The van der Waals surface area contributed by atoms with Crippen LogP contribution in [-0.2, 0) is 4.79 Å². The van der Waals surface area contributed by atoms with E-state index in [-0.39, 0.29) is 23.5 Å². The molecule has 1 aliphatic heterocycles. The number of rotatable bonds is 7. The number of hydrogen-bond donors (Lipinski definition) is 1. The minimum Gasteiger partial charge on any atom is -0.367 e. The molecule has 1 aromatic heterocycles. The number of thiophene rings is 1. The second kappa shape index (κ2) is 10.1. The number of halogens is 1. The van der Waals surface area contributed by atoms with Gasteiger partial charge in [-0.3, -0.25) is 14.5 Å². The van der Waals surface area contributed by atoms with E-state index in [1.807, 2.05) is 52.7 Å². The van der Waals surface area contributed by atoms with Gasteiger partial charge in [0.05, 0.1) is 18.3 Å².